The molecule has 3 aromatic heterocycles. The third-order valence-electron chi connectivity index (χ3n) is 8.84. The summed E-state index contributed by atoms with van der Waals surface area (Å²) in [5.41, 5.74) is 12.9. The zero-order valence-corrected chi connectivity index (χ0v) is 21.4. The molecule has 40 heavy (non-hydrogen) atoms. The summed E-state index contributed by atoms with van der Waals surface area (Å²) in [7, 11) is 0. The normalized spacial score (nSPS) is 13.4. The standard InChI is InChI=1S/C35H20BN3O/c1-4-13-29-23(8-1)24-9-2-5-14-30(24)38-32-19-21(18-27-28-20-37-17-16-31(28)39(34(27)32)36(29)38)22-11-7-12-26-25-10-3-6-15-33(25)40-35(22)26/h1-20H. The lowest BCUT2D eigenvalue weighted by Gasteiger charge is -2.34. The molecule has 0 unspecified atom stereocenters. The van der Waals surface area contributed by atoms with Crippen LogP contribution in [-0.4, -0.2) is 16.4 Å². The van der Waals surface area contributed by atoms with Crippen molar-refractivity contribution in [3.63, 3.8) is 0 Å². The summed E-state index contributed by atoms with van der Waals surface area (Å²) in [4.78, 5) is 7.08. The minimum atomic E-state index is 0.0285. The van der Waals surface area contributed by atoms with Gasteiger partial charge < -0.3 is 13.7 Å². The number of nitrogens with zero attached hydrogens (tertiary/aromatic N) is 3. The van der Waals surface area contributed by atoms with Gasteiger partial charge in [-0.1, -0.05) is 78.9 Å². The second kappa shape index (κ2) is 7.22. The summed E-state index contributed by atoms with van der Waals surface area (Å²) in [5.74, 6) is 0. The highest BCUT2D eigenvalue weighted by atomic mass is 16.3. The van der Waals surface area contributed by atoms with E-state index in [1.165, 1.54) is 49.8 Å². The number of aromatic nitrogens is 2. The maximum Gasteiger partial charge on any atom is 0.421 e. The van der Waals surface area contributed by atoms with Crippen LogP contribution in [0.5, 0.6) is 0 Å². The third-order valence-corrected chi connectivity index (χ3v) is 8.84. The monoisotopic (exact) mass is 509 g/mol. The van der Waals surface area contributed by atoms with Crippen LogP contribution in [0.15, 0.2) is 126 Å². The molecule has 0 amide bonds. The number of rotatable bonds is 1. The molecule has 4 nitrogen and oxygen atoms in total. The minimum Gasteiger partial charge on any atom is -0.455 e. The summed E-state index contributed by atoms with van der Waals surface area (Å²) in [6, 6.07) is 39.3. The van der Waals surface area contributed by atoms with Gasteiger partial charge in [-0.15, -0.1) is 0 Å². The van der Waals surface area contributed by atoms with Gasteiger partial charge in [0.1, 0.15) is 11.2 Å². The molecule has 0 aliphatic carbocycles. The molecular weight excluding hydrogens is 489 g/mol. The molecule has 10 rings (SSSR count). The Balaban J connectivity index is 1.34. The first-order chi connectivity index (χ1) is 19.9. The first-order valence-corrected chi connectivity index (χ1v) is 13.7. The first kappa shape index (κ1) is 20.6. The summed E-state index contributed by atoms with van der Waals surface area (Å²) in [5, 5.41) is 4.68. The van der Waals surface area contributed by atoms with Crippen molar-refractivity contribution in [2.45, 2.75) is 0 Å². The minimum absolute atomic E-state index is 0.0285. The van der Waals surface area contributed by atoms with Gasteiger partial charge in [-0.25, -0.2) is 0 Å². The van der Waals surface area contributed by atoms with Gasteiger partial charge in [0.05, 0.1) is 11.2 Å². The Morgan fingerprint density at radius 2 is 1.43 bits per heavy atom. The van der Waals surface area contributed by atoms with Crippen LogP contribution in [0.1, 0.15) is 0 Å². The maximum atomic E-state index is 6.48. The van der Waals surface area contributed by atoms with Crippen molar-refractivity contribution in [3.8, 4) is 22.3 Å². The molecule has 2 aliphatic rings. The highest BCUT2D eigenvalue weighted by molar-refractivity contribution is 6.82. The molecule has 5 heteroatoms. The summed E-state index contributed by atoms with van der Waals surface area (Å²) in [6.07, 6.45) is 3.92. The average molecular weight is 509 g/mol. The Kier molecular flexibility index (Phi) is 3.73. The van der Waals surface area contributed by atoms with E-state index in [4.69, 9.17) is 4.42 Å². The first-order valence-electron chi connectivity index (χ1n) is 13.7. The van der Waals surface area contributed by atoms with Crippen molar-refractivity contribution in [1.82, 2.24) is 9.46 Å². The molecule has 0 fully saturated rings. The highest BCUT2D eigenvalue weighted by Gasteiger charge is 2.45. The lowest BCUT2D eigenvalue weighted by atomic mass is 9.60. The molecule has 0 atom stereocenters. The molecule has 0 bridgehead atoms. The van der Waals surface area contributed by atoms with Gasteiger partial charge in [0.25, 0.3) is 0 Å². The molecule has 0 N–H and O–H groups in total. The number of fused-ring (bicyclic) bond motifs is 14. The van der Waals surface area contributed by atoms with Gasteiger partial charge in [0, 0.05) is 56.3 Å². The lowest BCUT2D eigenvalue weighted by Crippen LogP contribution is -2.51. The molecule has 0 saturated carbocycles. The van der Waals surface area contributed by atoms with Crippen LogP contribution in [0, 0.1) is 0 Å². The van der Waals surface area contributed by atoms with Crippen LogP contribution < -0.4 is 10.3 Å². The molecule has 5 heterocycles. The number of hydrogen-bond donors (Lipinski definition) is 0. The van der Waals surface area contributed by atoms with Crippen molar-refractivity contribution in [2.24, 2.45) is 0 Å². The summed E-state index contributed by atoms with van der Waals surface area (Å²) in [6.45, 7) is 0.0285. The molecule has 5 aromatic carbocycles. The largest absolute Gasteiger partial charge is 0.455 e. The Morgan fingerprint density at radius 3 is 2.40 bits per heavy atom. The fourth-order valence-electron chi connectivity index (χ4n) is 7.24. The van der Waals surface area contributed by atoms with Crippen molar-refractivity contribution in [3.05, 3.63) is 122 Å². The Labute approximate surface area is 229 Å². The van der Waals surface area contributed by atoms with E-state index in [9.17, 15) is 0 Å². The number of benzene rings is 5. The lowest BCUT2D eigenvalue weighted by molar-refractivity contribution is 0.670. The van der Waals surface area contributed by atoms with Crippen LogP contribution in [0.25, 0.3) is 66.0 Å². The van der Waals surface area contributed by atoms with Crippen LogP contribution in [0.2, 0.25) is 0 Å². The number of pyridine rings is 1. The van der Waals surface area contributed by atoms with Gasteiger partial charge in [-0.3, -0.25) is 4.98 Å². The molecule has 8 aromatic rings. The van der Waals surface area contributed by atoms with Gasteiger partial charge in [-0.2, -0.15) is 0 Å². The van der Waals surface area contributed by atoms with Gasteiger partial charge in [-0.05, 0) is 46.9 Å². The van der Waals surface area contributed by atoms with Gasteiger partial charge in [0.15, 0.2) is 0 Å². The molecule has 0 saturated heterocycles. The summed E-state index contributed by atoms with van der Waals surface area (Å²) >= 11 is 0. The smallest absolute Gasteiger partial charge is 0.421 e. The predicted molar refractivity (Wildman–Crippen MR) is 165 cm³/mol. The van der Waals surface area contributed by atoms with E-state index in [-0.39, 0.29) is 6.98 Å². The zero-order valence-electron chi connectivity index (χ0n) is 21.4. The maximum absolute atomic E-state index is 6.48. The highest BCUT2D eigenvalue weighted by Crippen LogP contribution is 2.50. The molecular formula is C35H20BN3O. The molecule has 0 spiro atoms. The fraction of sp³-hybridized carbons (Fsp3) is 0. The van der Waals surface area contributed by atoms with E-state index in [0.717, 1.165) is 33.1 Å². The molecule has 0 radical (unpaired) electrons. The molecule has 2 aliphatic heterocycles. The van der Waals surface area contributed by atoms with E-state index in [1.54, 1.807) is 0 Å². The number of para-hydroxylation sites is 3. The Hall–Kier alpha value is -5.29. The van der Waals surface area contributed by atoms with Crippen molar-refractivity contribution in [2.75, 3.05) is 4.81 Å². The topological polar surface area (TPSA) is 34.2 Å². The van der Waals surface area contributed by atoms with Crippen LogP contribution in [-0.2, 0) is 0 Å². The molecule has 184 valence electrons. The fourth-order valence-corrected chi connectivity index (χ4v) is 7.24. The van der Waals surface area contributed by atoms with Gasteiger partial charge in [0.2, 0.25) is 0 Å². The predicted octanol–water partition coefficient (Wildman–Crippen LogP) is 8.13. The van der Waals surface area contributed by atoms with E-state index in [0.29, 0.717) is 0 Å². The number of furan rings is 1. The zero-order chi connectivity index (χ0) is 25.9. The van der Waals surface area contributed by atoms with Crippen LogP contribution >= 0.6 is 0 Å². The second-order valence-electron chi connectivity index (χ2n) is 10.8. The van der Waals surface area contributed by atoms with Crippen molar-refractivity contribution < 1.29 is 4.42 Å². The van der Waals surface area contributed by atoms with E-state index in [2.05, 4.69) is 111 Å². The Morgan fingerprint density at radius 1 is 0.625 bits per heavy atom. The van der Waals surface area contributed by atoms with Crippen molar-refractivity contribution in [1.29, 1.82) is 0 Å². The van der Waals surface area contributed by atoms with E-state index >= 15 is 0 Å². The van der Waals surface area contributed by atoms with Gasteiger partial charge >= 0.3 is 6.98 Å². The SMILES string of the molecule is c1ccc2c(c1)B1N(c3ccccc3-2)c2cc(-c3cccc4c3oc3ccccc34)cc3c4cnccc4n1c23. The van der Waals surface area contributed by atoms with E-state index in [1.807, 2.05) is 24.5 Å². The Bertz CT molecular complexity index is 2370. The van der Waals surface area contributed by atoms with Crippen molar-refractivity contribution >= 4 is 67.6 Å². The van der Waals surface area contributed by atoms with Crippen LogP contribution in [0.3, 0.4) is 0 Å². The quantitative estimate of drug-likeness (QED) is 0.210. The number of anilines is 2. The average Bonchev–Trinajstić information content (AvgIpc) is 3.68. The summed E-state index contributed by atoms with van der Waals surface area (Å²) < 4.78 is 9.00. The van der Waals surface area contributed by atoms with E-state index < -0.39 is 0 Å². The number of hydrogen-bond acceptors (Lipinski definition) is 3. The third kappa shape index (κ3) is 2.42. The van der Waals surface area contributed by atoms with Crippen LogP contribution in [0.4, 0.5) is 11.4 Å². The second-order valence-corrected chi connectivity index (χ2v) is 10.8.